The predicted octanol–water partition coefficient (Wildman–Crippen LogP) is 6.23. The molecule has 0 N–H and O–H groups in total. The first-order valence-electron chi connectivity index (χ1n) is 8.98. The topological polar surface area (TPSA) is 52.6 Å². The maximum Gasteiger partial charge on any atom is 0.336 e. The molecule has 1 heterocycles. The lowest BCUT2D eigenvalue weighted by atomic mass is 10.1. The quantitative estimate of drug-likeness (QED) is 0.276. The number of ketones is 1. The molecule has 1 aliphatic rings. The van der Waals surface area contributed by atoms with Crippen LogP contribution < -0.4 is 9.47 Å². The lowest BCUT2D eigenvalue weighted by Gasteiger charge is -2.04. The van der Waals surface area contributed by atoms with Gasteiger partial charge in [0, 0.05) is 27.8 Å². The highest BCUT2D eigenvalue weighted by Crippen LogP contribution is 2.36. The van der Waals surface area contributed by atoms with Crippen LogP contribution in [-0.4, -0.2) is 11.8 Å². The van der Waals surface area contributed by atoms with Crippen LogP contribution in [0.15, 0.2) is 78.6 Å². The first-order chi connectivity index (χ1) is 14.5. The average Bonchev–Trinajstić information content (AvgIpc) is 3.05. The van der Waals surface area contributed by atoms with E-state index in [1.54, 1.807) is 36.4 Å². The van der Waals surface area contributed by atoms with Crippen LogP contribution in [0, 0.1) is 0 Å². The third-order valence-corrected chi connectivity index (χ3v) is 5.01. The fourth-order valence-corrected chi connectivity index (χ4v) is 3.40. The molecular weight excluding hydrogens is 423 g/mol. The Morgan fingerprint density at radius 3 is 2.40 bits per heavy atom. The lowest BCUT2D eigenvalue weighted by Crippen LogP contribution is -2.03. The minimum atomic E-state index is -0.540. The number of hydrogen-bond acceptors (Lipinski definition) is 4. The van der Waals surface area contributed by atoms with Crippen LogP contribution in [0.5, 0.6) is 11.5 Å². The molecule has 0 atom stereocenters. The van der Waals surface area contributed by atoms with E-state index in [2.05, 4.69) is 0 Å². The molecule has 0 bridgehead atoms. The van der Waals surface area contributed by atoms with Crippen LogP contribution in [-0.2, 0) is 4.79 Å². The van der Waals surface area contributed by atoms with Crippen LogP contribution in [0.2, 0.25) is 10.0 Å². The summed E-state index contributed by atoms with van der Waals surface area (Å²) in [7, 11) is 0. The number of esters is 1. The van der Waals surface area contributed by atoms with E-state index in [0.29, 0.717) is 26.9 Å². The van der Waals surface area contributed by atoms with Gasteiger partial charge < -0.3 is 9.47 Å². The summed E-state index contributed by atoms with van der Waals surface area (Å²) < 4.78 is 11.0. The summed E-state index contributed by atoms with van der Waals surface area (Å²) in [5.74, 6) is -0.190. The van der Waals surface area contributed by atoms with E-state index in [-0.39, 0.29) is 17.3 Å². The lowest BCUT2D eigenvalue weighted by molar-refractivity contribution is -0.128. The number of ether oxygens (including phenoxy) is 2. The van der Waals surface area contributed by atoms with E-state index in [4.69, 9.17) is 32.7 Å². The van der Waals surface area contributed by atoms with Gasteiger partial charge in [-0.15, -0.1) is 0 Å². The first-order valence-corrected chi connectivity index (χ1v) is 9.74. The molecule has 30 heavy (non-hydrogen) atoms. The largest absolute Gasteiger partial charge is 0.452 e. The fraction of sp³-hybridized carbons (Fsp3) is 0. The van der Waals surface area contributed by atoms with Crippen LogP contribution in [0.4, 0.5) is 0 Å². The van der Waals surface area contributed by atoms with Gasteiger partial charge in [-0.2, -0.15) is 0 Å². The van der Waals surface area contributed by atoms with Crippen molar-refractivity contribution >= 4 is 47.1 Å². The number of carbonyl (C=O) groups excluding carboxylic acids is 2. The second kappa shape index (κ2) is 8.57. The second-order valence-corrected chi connectivity index (χ2v) is 7.21. The summed E-state index contributed by atoms with van der Waals surface area (Å²) >= 11 is 12.3. The van der Waals surface area contributed by atoms with E-state index in [9.17, 15) is 9.59 Å². The molecule has 0 fully saturated rings. The molecule has 0 spiro atoms. The number of rotatable bonds is 4. The summed E-state index contributed by atoms with van der Waals surface area (Å²) in [6.45, 7) is 0. The van der Waals surface area contributed by atoms with Crippen molar-refractivity contribution < 1.29 is 19.1 Å². The Labute approximate surface area is 183 Å². The van der Waals surface area contributed by atoms with Gasteiger partial charge in [-0.05, 0) is 42.0 Å². The molecule has 0 aromatic heterocycles. The molecule has 0 saturated carbocycles. The average molecular weight is 437 g/mol. The van der Waals surface area contributed by atoms with Crippen molar-refractivity contribution in [2.75, 3.05) is 0 Å². The minimum absolute atomic E-state index is 0.0902. The van der Waals surface area contributed by atoms with E-state index >= 15 is 0 Å². The van der Waals surface area contributed by atoms with Crippen molar-refractivity contribution in [1.29, 1.82) is 0 Å². The van der Waals surface area contributed by atoms with E-state index < -0.39 is 5.97 Å². The SMILES string of the molecule is O=C(C=Cc1ccccc1)Oc1ccc2c(c1)OC(=Cc1c(Cl)cccc1Cl)C2=O. The maximum absolute atomic E-state index is 12.6. The summed E-state index contributed by atoms with van der Waals surface area (Å²) in [4.78, 5) is 24.7. The standard InChI is InChI=1S/C24H14Cl2O4/c25-19-7-4-8-20(26)18(19)14-22-24(28)17-11-10-16(13-21(17)30-22)29-23(27)12-9-15-5-2-1-3-6-15/h1-14H. The van der Waals surface area contributed by atoms with Gasteiger partial charge in [0.2, 0.25) is 5.78 Å². The minimum Gasteiger partial charge on any atom is -0.452 e. The highest BCUT2D eigenvalue weighted by atomic mass is 35.5. The van der Waals surface area contributed by atoms with E-state index in [1.807, 2.05) is 30.3 Å². The molecule has 4 rings (SSSR count). The molecular formula is C24H14Cl2O4. The number of halogens is 2. The predicted molar refractivity (Wildman–Crippen MR) is 117 cm³/mol. The summed E-state index contributed by atoms with van der Waals surface area (Å²) in [5, 5.41) is 0.810. The smallest absolute Gasteiger partial charge is 0.336 e. The molecule has 6 heteroatoms. The molecule has 0 amide bonds. The van der Waals surface area contributed by atoms with Gasteiger partial charge >= 0.3 is 5.97 Å². The summed E-state index contributed by atoms with van der Waals surface area (Å²) in [5.41, 5.74) is 1.74. The van der Waals surface area contributed by atoms with Crippen LogP contribution in [0.3, 0.4) is 0 Å². The molecule has 0 saturated heterocycles. The van der Waals surface area contributed by atoms with Crippen molar-refractivity contribution in [2.45, 2.75) is 0 Å². The number of allylic oxidation sites excluding steroid dienone is 1. The second-order valence-electron chi connectivity index (χ2n) is 6.40. The van der Waals surface area contributed by atoms with Gasteiger partial charge in [0.1, 0.15) is 11.5 Å². The highest BCUT2D eigenvalue weighted by Gasteiger charge is 2.28. The monoisotopic (exact) mass is 436 g/mol. The zero-order valence-corrected chi connectivity index (χ0v) is 17.0. The van der Waals surface area contributed by atoms with Gasteiger partial charge in [-0.3, -0.25) is 4.79 Å². The maximum atomic E-state index is 12.6. The van der Waals surface area contributed by atoms with Crippen molar-refractivity contribution in [3.05, 3.63) is 105 Å². The van der Waals surface area contributed by atoms with Gasteiger partial charge in [-0.1, -0.05) is 59.6 Å². The zero-order chi connectivity index (χ0) is 21.1. The van der Waals surface area contributed by atoms with Crippen molar-refractivity contribution in [3.8, 4) is 11.5 Å². The van der Waals surface area contributed by atoms with Crippen LogP contribution >= 0.6 is 23.2 Å². The van der Waals surface area contributed by atoms with Crippen molar-refractivity contribution in [3.63, 3.8) is 0 Å². The molecule has 3 aromatic rings. The van der Waals surface area contributed by atoms with Gasteiger partial charge in [0.05, 0.1) is 5.56 Å². The molecule has 0 unspecified atom stereocenters. The summed E-state index contributed by atoms with van der Waals surface area (Å²) in [6.07, 6.45) is 4.49. The van der Waals surface area contributed by atoms with E-state index in [1.165, 1.54) is 18.2 Å². The molecule has 3 aromatic carbocycles. The molecule has 1 aliphatic heterocycles. The third kappa shape index (κ3) is 4.30. The Morgan fingerprint density at radius 2 is 1.67 bits per heavy atom. The van der Waals surface area contributed by atoms with E-state index in [0.717, 1.165) is 5.56 Å². The molecule has 4 nitrogen and oxygen atoms in total. The number of fused-ring (bicyclic) bond motifs is 1. The number of carbonyl (C=O) groups is 2. The highest BCUT2D eigenvalue weighted by molar-refractivity contribution is 6.37. The van der Waals surface area contributed by atoms with Crippen molar-refractivity contribution in [2.24, 2.45) is 0 Å². The Hall–Kier alpha value is -3.34. The Kier molecular flexibility index (Phi) is 5.70. The van der Waals surface area contributed by atoms with Crippen LogP contribution in [0.1, 0.15) is 21.5 Å². The molecule has 0 aliphatic carbocycles. The van der Waals surface area contributed by atoms with Gasteiger partial charge in [-0.25, -0.2) is 4.79 Å². The van der Waals surface area contributed by atoms with Crippen LogP contribution in [0.25, 0.3) is 12.2 Å². The Balaban J connectivity index is 1.51. The summed E-state index contributed by atoms with van der Waals surface area (Å²) in [6, 6.07) is 19.0. The Morgan fingerprint density at radius 1 is 0.933 bits per heavy atom. The fourth-order valence-electron chi connectivity index (χ4n) is 2.89. The number of benzene rings is 3. The normalized spacial score (nSPS) is 14.1. The van der Waals surface area contributed by atoms with Crippen molar-refractivity contribution in [1.82, 2.24) is 0 Å². The Bertz CT molecular complexity index is 1180. The van der Waals surface area contributed by atoms with Gasteiger partial charge in [0.15, 0.2) is 5.76 Å². The third-order valence-electron chi connectivity index (χ3n) is 4.35. The van der Waals surface area contributed by atoms with Gasteiger partial charge in [0.25, 0.3) is 0 Å². The number of hydrogen-bond donors (Lipinski definition) is 0. The molecule has 0 radical (unpaired) electrons. The zero-order valence-electron chi connectivity index (χ0n) is 15.5. The molecule has 148 valence electrons. The first kappa shape index (κ1) is 20.0. The number of Topliss-reactive ketones (excluding diaryl/α,β-unsaturated/α-hetero) is 1.